The highest BCUT2D eigenvalue weighted by atomic mass is 16.5. The fourth-order valence-corrected chi connectivity index (χ4v) is 4.07. The Bertz CT molecular complexity index is 826. The first-order chi connectivity index (χ1) is 15.7. The first-order valence-corrected chi connectivity index (χ1v) is 11.5. The number of nitrogens with one attached hydrogen (secondary N) is 2. The van der Waals surface area contributed by atoms with Crippen LogP contribution in [0.2, 0.25) is 0 Å². The molecule has 1 unspecified atom stereocenters. The van der Waals surface area contributed by atoms with E-state index >= 15 is 0 Å². The highest BCUT2D eigenvalue weighted by Gasteiger charge is 2.23. The highest BCUT2D eigenvalue weighted by Crippen LogP contribution is 2.24. The number of nitrogens with zero attached hydrogens (tertiary/aromatic N) is 3. The second kappa shape index (κ2) is 12.5. The number of rotatable bonds is 10. The lowest BCUT2D eigenvalue weighted by molar-refractivity contribution is 0.0170. The third kappa shape index (κ3) is 6.46. The van der Waals surface area contributed by atoms with Gasteiger partial charge >= 0.3 is 0 Å². The highest BCUT2D eigenvalue weighted by molar-refractivity contribution is 5.79. The molecule has 8 heteroatoms. The minimum atomic E-state index is 0.204. The number of methoxy groups -OCH3 is 1. The fraction of sp³-hybridized carbons (Fsp3) is 0.583. The van der Waals surface area contributed by atoms with Crippen LogP contribution in [-0.2, 0) is 11.3 Å². The van der Waals surface area contributed by atoms with Gasteiger partial charge in [0.2, 0.25) is 0 Å². The van der Waals surface area contributed by atoms with Crippen molar-refractivity contribution >= 4 is 5.96 Å². The van der Waals surface area contributed by atoms with Gasteiger partial charge in [0, 0.05) is 38.7 Å². The molecule has 1 aliphatic rings. The zero-order chi connectivity index (χ0) is 22.8. The maximum absolute atomic E-state index is 5.56. The van der Waals surface area contributed by atoms with Gasteiger partial charge < -0.3 is 24.6 Å². The topological polar surface area (TPSA) is 84.2 Å². The molecule has 2 heterocycles. The molecule has 3 rings (SSSR count). The molecule has 0 amide bonds. The van der Waals surface area contributed by atoms with Crippen molar-refractivity contribution in [2.75, 3.05) is 47.0 Å². The van der Waals surface area contributed by atoms with Crippen LogP contribution in [0.4, 0.5) is 0 Å². The third-order valence-corrected chi connectivity index (χ3v) is 6.08. The van der Waals surface area contributed by atoms with Gasteiger partial charge in [-0.15, -0.1) is 0 Å². The number of aromatic nitrogens is 1. The van der Waals surface area contributed by atoms with Crippen LogP contribution in [0.25, 0.3) is 0 Å². The van der Waals surface area contributed by atoms with Crippen LogP contribution < -0.4 is 15.4 Å². The minimum absolute atomic E-state index is 0.204. The number of morpholine rings is 1. The number of hydrogen-bond donors (Lipinski definition) is 2. The lowest BCUT2D eigenvalue weighted by Gasteiger charge is -2.35. The Labute approximate surface area is 191 Å². The molecule has 1 aromatic carbocycles. The van der Waals surface area contributed by atoms with Gasteiger partial charge in [0.15, 0.2) is 11.7 Å². The summed E-state index contributed by atoms with van der Waals surface area (Å²) in [6.07, 6.45) is 2.13. The standard InChI is InChI=1S/C24H37N5O3/c1-5-18(6-2)22-15-21(32-28-22)16-26-24(25-3)27-17-23(29-11-13-31-14-12-29)19-7-9-20(30-4)10-8-19/h7-10,15,18,23H,5-6,11-14,16-17H2,1-4H3,(H2,25,26,27). The van der Waals surface area contributed by atoms with E-state index in [-0.39, 0.29) is 6.04 Å². The number of benzene rings is 1. The van der Waals surface area contributed by atoms with Crippen LogP contribution in [0, 0.1) is 0 Å². The molecule has 2 aromatic rings. The average Bonchev–Trinajstić information content (AvgIpc) is 3.31. The molecule has 32 heavy (non-hydrogen) atoms. The van der Waals surface area contributed by atoms with Crippen LogP contribution in [0.3, 0.4) is 0 Å². The van der Waals surface area contributed by atoms with Crippen molar-refractivity contribution < 1.29 is 14.0 Å². The van der Waals surface area contributed by atoms with Crippen molar-refractivity contribution in [3.05, 3.63) is 47.3 Å². The van der Waals surface area contributed by atoms with Crippen molar-refractivity contribution in [3.8, 4) is 5.75 Å². The summed E-state index contributed by atoms with van der Waals surface area (Å²) in [7, 11) is 3.47. The van der Waals surface area contributed by atoms with Gasteiger partial charge in [0.25, 0.3) is 0 Å². The Kier molecular flexibility index (Phi) is 9.37. The molecule has 8 nitrogen and oxygen atoms in total. The second-order valence-corrected chi connectivity index (χ2v) is 7.98. The van der Waals surface area contributed by atoms with Crippen molar-refractivity contribution in [1.82, 2.24) is 20.7 Å². The van der Waals surface area contributed by atoms with Gasteiger partial charge in [0.1, 0.15) is 5.75 Å². The summed E-state index contributed by atoms with van der Waals surface area (Å²) >= 11 is 0. The molecular weight excluding hydrogens is 406 g/mol. The molecule has 1 atom stereocenters. The van der Waals surface area contributed by atoms with Crippen LogP contribution in [-0.4, -0.2) is 63.0 Å². The molecule has 1 saturated heterocycles. The lowest BCUT2D eigenvalue weighted by Crippen LogP contribution is -2.46. The van der Waals surface area contributed by atoms with E-state index in [0.29, 0.717) is 12.5 Å². The molecule has 1 fully saturated rings. The zero-order valence-electron chi connectivity index (χ0n) is 19.8. The van der Waals surface area contributed by atoms with Gasteiger partial charge in [-0.25, -0.2) is 0 Å². The summed E-state index contributed by atoms with van der Waals surface area (Å²) in [5, 5.41) is 11.1. The largest absolute Gasteiger partial charge is 0.497 e. The van der Waals surface area contributed by atoms with Crippen molar-refractivity contribution in [1.29, 1.82) is 0 Å². The predicted octanol–water partition coefficient (Wildman–Crippen LogP) is 3.33. The maximum atomic E-state index is 5.56. The van der Waals surface area contributed by atoms with Crippen LogP contribution in [0.1, 0.15) is 55.7 Å². The SMILES string of the molecule is CCC(CC)c1cc(CNC(=NC)NCC(c2ccc(OC)cc2)N2CCOCC2)on1. The van der Waals surface area contributed by atoms with E-state index in [1.807, 2.05) is 18.2 Å². The summed E-state index contributed by atoms with van der Waals surface area (Å²) in [5.41, 5.74) is 2.27. The molecular formula is C24H37N5O3. The molecule has 0 radical (unpaired) electrons. The normalized spacial score (nSPS) is 16.2. The van der Waals surface area contributed by atoms with Gasteiger partial charge in [-0.05, 0) is 30.5 Å². The molecule has 0 bridgehead atoms. The molecule has 1 aromatic heterocycles. The average molecular weight is 444 g/mol. The molecule has 0 spiro atoms. The Hall–Kier alpha value is -2.58. The first kappa shape index (κ1) is 24.1. The van der Waals surface area contributed by atoms with E-state index in [4.69, 9.17) is 14.0 Å². The molecule has 2 N–H and O–H groups in total. The monoisotopic (exact) mass is 443 g/mol. The quantitative estimate of drug-likeness (QED) is 0.430. The van der Waals surface area contributed by atoms with Crippen LogP contribution >= 0.6 is 0 Å². The molecule has 176 valence electrons. The maximum Gasteiger partial charge on any atom is 0.191 e. The summed E-state index contributed by atoms with van der Waals surface area (Å²) in [6.45, 7) is 8.94. The predicted molar refractivity (Wildman–Crippen MR) is 126 cm³/mol. The van der Waals surface area contributed by atoms with E-state index in [0.717, 1.165) is 68.9 Å². The molecule has 1 aliphatic heterocycles. The number of guanidine groups is 1. The number of hydrogen-bond acceptors (Lipinski definition) is 6. The van der Waals surface area contributed by atoms with E-state index in [1.165, 1.54) is 5.56 Å². The van der Waals surface area contributed by atoms with E-state index in [2.05, 4.69) is 51.7 Å². The minimum Gasteiger partial charge on any atom is -0.497 e. The van der Waals surface area contributed by atoms with Crippen molar-refractivity contribution in [3.63, 3.8) is 0 Å². The van der Waals surface area contributed by atoms with Crippen molar-refractivity contribution in [2.24, 2.45) is 4.99 Å². The summed E-state index contributed by atoms with van der Waals surface area (Å²) in [5.74, 6) is 2.86. The van der Waals surface area contributed by atoms with Crippen molar-refractivity contribution in [2.45, 2.75) is 45.2 Å². The Morgan fingerprint density at radius 1 is 1.16 bits per heavy atom. The molecule has 0 saturated carbocycles. The van der Waals surface area contributed by atoms with E-state index < -0.39 is 0 Å². The number of aliphatic imine (C=N–C) groups is 1. The van der Waals surface area contributed by atoms with Gasteiger partial charge in [-0.1, -0.05) is 31.1 Å². The van der Waals surface area contributed by atoms with E-state index in [1.54, 1.807) is 14.2 Å². The van der Waals surface area contributed by atoms with Gasteiger partial charge in [-0.2, -0.15) is 0 Å². The zero-order valence-corrected chi connectivity index (χ0v) is 19.8. The Morgan fingerprint density at radius 3 is 2.50 bits per heavy atom. The molecule has 0 aliphatic carbocycles. The van der Waals surface area contributed by atoms with Crippen LogP contribution in [0.15, 0.2) is 39.8 Å². The second-order valence-electron chi connectivity index (χ2n) is 7.98. The summed E-state index contributed by atoms with van der Waals surface area (Å²) in [4.78, 5) is 6.83. The van der Waals surface area contributed by atoms with Crippen LogP contribution in [0.5, 0.6) is 5.75 Å². The smallest absolute Gasteiger partial charge is 0.191 e. The fourth-order valence-electron chi connectivity index (χ4n) is 4.07. The number of ether oxygens (including phenoxy) is 2. The Morgan fingerprint density at radius 2 is 1.88 bits per heavy atom. The Balaban J connectivity index is 1.60. The van der Waals surface area contributed by atoms with Gasteiger partial charge in [-0.3, -0.25) is 9.89 Å². The lowest BCUT2D eigenvalue weighted by atomic mass is 9.99. The third-order valence-electron chi connectivity index (χ3n) is 6.08. The van der Waals surface area contributed by atoms with Gasteiger partial charge in [0.05, 0.1) is 38.6 Å². The van der Waals surface area contributed by atoms with E-state index in [9.17, 15) is 0 Å². The summed E-state index contributed by atoms with van der Waals surface area (Å²) in [6, 6.07) is 10.5. The first-order valence-electron chi connectivity index (χ1n) is 11.5. The summed E-state index contributed by atoms with van der Waals surface area (Å²) < 4.78 is 16.4.